The first-order chi connectivity index (χ1) is 12.7. The zero-order valence-corrected chi connectivity index (χ0v) is 14.4. The van der Waals surface area contributed by atoms with Gasteiger partial charge in [-0.05, 0) is 47.5 Å². The van der Waals surface area contributed by atoms with Gasteiger partial charge >= 0.3 is 0 Å². The molecule has 0 saturated carbocycles. The van der Waals surface area contributed by atoms with Gasteiger partial charge in [0.25, 0.3) is 5.91 Å². The van der Waals surface area contributed by atoms with E-state index in [2.05, 4.69) is 28.7 Å². The molecule has 0 spiro atoms. The summed E-state index contributed by atoms with van der Waals surface area (Å²) in [5, 5.41) is 6.54. The van der Waals surface area contributed by atoms with E-state index in [4.69, 9.17) is 9.47 Å². The number of nitrogens with one attached hydrogen (secondary N) is 1. The van der Waals surface area contributed by atoms with Crippen molar-refractivity contribution in [1.29, 1.82) is 0 Å². The molecular weight excluding hydrogens is 328 g/mol. The maximum Gasteiger partial charge on any atom is 0.271 e. The molecule has 1 amide bonds. The average molecular weight is 346 g/mol. The van der Waals surface area contributed by atoms with Gasteiger partial charge in [-0.1, -0.05) is 36.4 Å². The Bertz CT molecular complexity index is 1010. The predicted molar refractivity (Wildman–Crippen MR) is 101 cm³/mol. The Hall–Kier alpha value is -3.34. The molecule has 0 aliphatic carbocycles. The number of benzene rings is 3. The van der Waals surface area contributed by atoms with Gasteiger partial charge in [0, 0.05) is 5.56 Å². The third-order valence-electron chi connectivity index (χ3n) is 4.30. The van der Waals surface area contributed by atoms with Crippen molar-refractivity contribution in [2.75, 3.05) is 13.2 Å². The third-order valence-corrected chi connectivity index (χ3v) is 4.30. The molecule has 0 fully saturated rings. The maximum atomic E-state index is 12.4. The summed E-state index contributed by atoms with van der Waals surface area (Å²) in [6.45, 7) is 2.87. The lowest BCUT2D eigenvalue weighted by Crippen LogP contribution is -2.20. The Morgan fingerprint density at radius 1 is 0.885 bits per heavy atom. The molecule has 130 valence electrons. The first kappa shape index (κ1) is 16.1. The van der Waals surface area contributed by atoms with E-state index in [1.54, 1.807) is 18.2 Å². The van der Waals surface area contributed by atoms with E-state index in [-0.39, 0.29) is 5.91 Å². The monoisotopic (exact) mass is 346 g/mol. The number of hydrazone groups is 1. The smallest absolute Gasteiger partial charge is 0.271 e. The van der Waals surface area contributed by atoms with Crippen molar-refractivity contribution in [2.24, 2.45) is 5.10 Å². The Morgan fingerprint density at radius 2 is 1.62 bits per heavy atom. The minimum atomic E-state index is -0.290. The number of fused-ring (bicyclic) bond motifs is 2. The van der Waals surface area contributed by atoms with E-state index in [1.165, 1.54) is 5.39 Å². The first-order valence-electron chi connectivity index (χ1n) is 8.44. The van der Waals surface area contributed by atoms with Crippen LogP contribution in [0.1, 0.15) is 22.8 Å². The molecular formula is C21H18N2O3. The van der Waals surface area contributed by atoms with Crippen molar-refractivity contribution in [3.63, 3.8) is 0 Å². The van der Waals surface area contributed by atoms with E-state index >= 15 is 0 Å². The van der Waals surface area contributed by atoms with Crippen molar-refractivity contribution in [3.05, 3.63) is 71.8 Å². The number of carbonyl (C=O) groups is 1. The van der Waals surface area contributed by atoms with Gasteiger partial charge in [0.2, 0.25) is 0 Å². The van der Waals surface area contributed by atoms with Crippen molar-refractivity contribution in [1.82, 2.24) is 5.43 Å². The molecule has 3 aromatic rings. The fraction of sp³-hybridized carbons (Fsp3) is 0.143. The van der Waals surface area contributed by atoms with Gasteiger partial charge in [0.1, 0.15) is 13.2 Å². The third kappa shape index (κ3) is 3.24. The number of carbonyl (C=O) groups excluding carboxylic acids is 1. The summed E-state index contributed by atoms with van der Waals surface area (Å²) < 4.78 is 11.0. The fourth-order valence-corrected chi connectivity index (χ4v) is 2.86. The van der Waals surface area contributed by atoms with Gasteiger partial charge in [-0.15, -0.1) is 0 Å². The summed E-state index contributed by atoms with van der Waals surface area (Å²) in [4.78, 5) is 12.4. The van der Waals surface area contributed by atoms with Gasteiger partial charge in [-0.25, -0.2) is 5.43 Å². The number of nitrogens with zero attached hydrogens (tertiary/aromatic N) is 1. The Morgan fingerprint density at radius 3 is 2.46 bits per heavy atom. The molecule has 1 N–H and O–H groups in total. The molecule has 0 radical (unpaired) electrons. The summed E-state index contributed by atoms with van der Waals surface area (Å²) in [6.07, 6.45) is 0. The van der Waals surface area contributed by atoms with Crippen LogP contribution in [0.25, 0.3) is 10.8 Å². The van der Waals surface area contributed by atoms with Crippen LogP contribution < -0.4 is 14.9 Å². The molecule has 26 heavy (non-hydrogen) atoms. The van der Waals surface area contributed by atoms with Crippen LogP contribution in [0.3, 0.4) is 0 Å². The zero-order valence-electron chi connectivity index (χ0n) is 14.4. The minimum Gasteiger partial charge on any atom is -0.486 e. The summed E-state index contributed by atoms with van der Waals surface area (Å²) in [7, 11) is 0. The molecule has 4 rings (SSSR count). The van der Waals surface area contributed by atoms with Crippen molar-refractivity contribution in [2.45, 2.75) is 6.92 Å². The minimum absolute atomic E-state index is 0.290. The quantitative estimate of drug-likeness (QED) is 0.580. The maximum absolute atomic E-state index is 12.4. The molecule has 0 atom stereocenters. The zero-order chi connectivity index (χ0) is 17.9. The van der Waals surface area contributed by atoms with Crippen LogP contribution >= 0.6 is 0 Å². The van der Waals surface area contributed by atoms with Crippen molar-refractivity contribution >= 4 is 22.4 Å². The molecule has 1 aliphatic heterocycles. The average Bonchev–Trinajstić information content (AvgIpc) is 2.71. The van der Waals surface area contributed by atoms with Crippen LogP contribution in [0.4, 0.5) is 0 Å². The van der Waals surface area contributed by atoms with Gasteiger partial charge in [0.05, 0.1) is 5.71 Å². The summed E-state index contributed by atoms with van der Waals surface area (Å²) in [5.41, 5.74) is 4.78. The van der Waals surface area contributed by atoms with Crippen molar-refractivity contribution in [3.8, 4) is 11.5 Å². The number of ether oxygens (including phenoxy) is 2. The lowest BCUT2D eigenvalue weighted by molar-refractivity contribution is 0.0953. The highest BCUT2D eigenvalue weighted by atomic mass is 16.6. The largest absolute Gasteiger partial charge is 0.486 e. The van der Waals surface area contributed by atoms with E-state index < -0.39 is 0 Å². The van der Waals surface area contributed by atoms with Gasteiger partial charge < -0.3 is 9.47 Å². The molecule has 1 aliphatic rings. The highest BCUT2D eigenvalue weighted by molar-refractivity contribution is 6.03. The lowest BCUT2D eigenvalue weighted by atomic mass is 10.0. The van der Waals surface area contributed by atoms with E-state index in [0.717, 1.165) is 16.7 Å². The van der Waals surface area contributed by atoms with Gasteiger partial charge in [0.15, 0.2) is 11.5 Å². The second kappa shape index (κ2) is 6.88. The normalized spacial score (nSPS) is 13.5. The van der Waals surface area contributed by atoms with E-state index in [1.807, 2.05) is 31.2 Å². The van der Waals surface area contributed by atoms with Crippen LogP contribution in [-0.2, 0) is 0 Å². The molecule has 0 unspecified atom stereocenters. The summed E-state index contributed by atoms with van der Waals surface area (Å²) >= 11 is 0. The number of amides is 1. The second-order valence-electron chi connectivity index (χ2n) is 6.06. The topological polar surface area (TPSA) is 59.9 Å². The first-order valence-corrected chi connectivity index (χ1v) is 8.44. The Kier molecular flexibility index (Phi) is 4.27. The summed E-state index contributed by atoms with van der Waals surface area (Å²) in [5.74, 6) is 0.949. The number of hydrogen-bond acceptors (Lipinski definition) is 4. The number of hydrogen-bond donors (Lipinski definition) is 1. The van der Waals surface area contributed by atoms with E-state index in [9.17, 15) is 4.79 Å². The van der Waals surface area contributed by atoms with Gasteiger partial charge in [-0.3, -0.25) is 4.79 Å². The molecule has 3 aromatic carbocycles. The fourth-order valence-electron chi connectivity index (χ4n) is 2.86. The van der Waals surface area contributed by atoms with E-state index in [0.29, 0.717) is 30.3 Å². The standard InChI is InChI=1S/C21H18N2O3/c1-14(16-7-6-15-4-2-3-5-17(15)12-16)22-23-21(24)18-8-9-19-20(13-18)26-11-10-25-19/h2-9,12-13H,10-11H2,1H3,(H,23,24)/b22-14+. The van der Waals surface area contributed by atoms with Crippen LogP contribution in [0.15, 0.2) is 65.8 Å². The molecule has 5 nitrogen and oxygen atoms in total. The lowest BCUT2D eigenvalue weighted by Gasteiger charge is -2.18. The van der Waals surface area contributed by atoms with Crippen LogP contribution in [0.5, 0.6) is 11.5 Å². The SMILES string of the molecule is C/C(=N\NC(=O)c1ccc2c(c1)OCCO2)c1ccc2ccccc2c1. The summed E-state index contributed by atoms with van der Waals surface area (Å²) in [6, 6.07) is 19.3. The van der Waals surface area contributed by atoms with Gasteiger partial charge in [-0.2, -0.15) is 5.10 Å². The highest BCUT2D eigenvalue weighted by Crippen LogP contribution is 2.30. The predicted octanol–water partition coefficient (Wildman–Crippen LogP) is 3.77. The van der Waals surface area contributed by atoms with Crippen LogP contribution in [-0.4, -0.2) is 24.8 Å². The molecule has 0 saturated heterocycles. The molecule has 0 aromatic heterocycles. The molecule has 1 heterocycles. The van der Waals surface area contributed by atoms with Crippen LogP contribution in [0.2, 0.25) is 0 Å². The molecule has 0 bridgehead atoms. The Balaban J connectivity index is 1.51. The second-order valence-corrected chi connectivity index (χ2v) is 6.06. The number of rotatable bonds is 3. The van der Waals surface area contributed by atoms with Crippen LogP contribution in [0, 0.1) is 0 Å². The van der Waals surface area contributed by atoms with Crippen molar-refractivity contribution < 1.29 is 14.3 Å². The highest BCUT2D eigenvalue weighted by Gasteiger charge is 2.14. The molecule has 5 heteroatoms. The Labute approximate surface area is 151 Å².